The maximum Gasteiger partial charge on any atom is 0.326 e. The van der Waals surface area contributed by atoms with Crippen molar-refractivity contribution in [2.45, 2.75) is 200 Å². The number of nitrogens with one attached hydrogen (secondary N) is 14. The Morgan fingerprint density at radius 2 is 0.697 bits per heavy atom. The molecule has 119 heavy (non-hydrogen) atoms. The first kappa shape index (κ1) is 98.7. The largest absolute Gasteiger partial charge is 0.508 e. The topological polar surface area (TPSA) is 630 Å². The number of aromatic hydroxyl groups is 1. The molecule has 15 atom stereocenters. The fourth-order valence-electron chi connectivity index (χ4n) is 12.5. The molecule has 1 aliphatic rings. The van der Waals surface area contributed by atoms with Crippen LogP contribution in [0.3, 0.4) is 0 Å². The standard InChI is InChI=1S/C79H114N18O20S2/c1-45(100)65(78(115)92-58(38-48-22-9-4-10-23-48)72(109)93-60(41-98)74(111)94-61(42-99)75(112)96-63(44-119)77(114)87-54(79(116)117)26-13-16-34-82)97-68(105)53(25-12-15-33-81)85-69(106)57(39-49-28-30-50(101)31-29-49)89-70(107)55(36-46-18-5-2-6-19-46)88-71(108)56(37-47-20-7-3-8-21-47)90-73(110)59(40-64(83)102)91-67(104)52(24-11-14-32-80)86-76(113)62(43-118)95-66(103)51-27-17-35-84-51/h2-10,18-23,28-31,45,51-63,65,84,98-101,118-119H,11-17,24-27,32-44,80-82H2,1H3,(H2,83,102)(H,85,106)(H,86,113)(H,87,114)(H,88,108)(H,89,107)(H,90,110)(H,91,104)(H,92,115)(H,93,109)(H,94,111)(H,95,103)(H,96,112)(H,97,105)(H,116,117)/t45-,51+,52+,53+,54+,55+,56+,57+,58+,59+,60+,61+,62+,63+,65+/m1/s1. The summed E-state index contributed by atoms with van der Waals surface area (Å²) in [5, 5.41) is 87.4. The van der Waals surface area contributed by atoms with E-state index in [1.54, 1.807) is 91.0 Å². The second-order valence-electron chi connectivity index (χ2n) is 28.6. The highest BCUT2D eigenvalue weighted by atomic mass is 32.1. The van der Waals surface area contributed by atoms with Crippen molar-refractivity contribution in [1.29, 1.82) is 0 Å². The summed E-state index contributed by atoms with van der Waals surface area (Å²) >= 11 is 8.37. The minimum atomic E-state index is -1.93. The van der Waals surface area contributed by atoms with Crippen molar-refractivity contribution in [1.82, 2.24) is 74.4 Å². The first-order valence-electron chi connectivity index (χ1n) is 39.3. The molecule has 652 valence electrons. The zero-order valence-corrected chi connectivity index (χ0v) is 68.0. The van der Waals surface area contributed by atoms with E-state index < -0.39 is 199 Å². The monoisotopic (exact) mass is 1700 g/mol. The summed E-state index contributed by atoms with van der Waals surface area (Å²) in [6.45, 7) is 0.0829. The fraction of sp³-hybridized carbons (Fsp3) is 0.506. The molecule has 40 heteroatoms. The molecule has 0 spiro atoms. The van der Waals surface area contributed by atoms with Crippen molar-refractivity contribution in [2.75, 3.05) is 50.9 Å². The second kappa shape index (κ2) is 52.8. The third-order valence-corrected chi connectivity index (χ3v) is 19.9. The number of nitrogens with two attached hydrogens (primary N) is 4. The van der Waals surface area contributed by atoms with Gasteiger partial charge in [0.2, 0.25) is 82.7 Å². The number of carbonyl (C=O) groups is 15. The van der Waals surface area contributed by atoms with E-state index in [2.05, 4.69) is 99.7 Å². The van der Waals surface area contributed by atoms with Crippen LogP contribution in [0.2, 0.25) is 0 Å². The van der Waals surface area contributed by atoms with E-state index in [4.69, 9.17) is 22.9 Å². The maximum absolute atomic E-state index is 15.2. The Morgan fingerprint density at radius 1 is 0.395 bits per heavy atom. The normalized spacial score (nSPS) is 15.9. The molecule has 1 saturated heterocycles. The van der Waals surface area contributed by atoms with E-state index in [1.807, 2.05) is 0 Å². The summed E-state index contributed by atoms with van der Waals surface area (Å²) < 4.78 is 0. The Bertz CT molecular complexity index is 3970. The Hall–Kier alpha value is -10.8. The van der Waals surface area contributed by atoms with Gasteiger partial charge in [-0.15, -0.1) is 0 Å². The van der Waals surface area contributed by atoms with Gasteiger partial charge < -0.3 is 123 Å². The predicted molar refractivity (Wildman–Crippen MR) is 442 cm³/mol. The highest BCUT2D eigenvalue weighted by Crippen LogP contribution is 2.17. The molecule has 0 aromatic heterocycles. The van der Waals surface area contributed by atoms with Gasteiger partial charge in [-0.05, 0) is 138 Å². The number of carbonyl (C=O) groups excluding carboxylic acids is 14. The maximum atomic E-state index is 15.2. The molecule has 27 N–H and O–H groups in total. The van der Waals surface area contributed by atoms with Crippen molar-refractivity contribution in [3.63, 3.8) is 0 Å². The molecule has 0 radical (unpaired) electrons. The Kier molecular flexibility index (Phi) is 43.8. The number of carboxylic acid groups (broad SMARTS) is 1. The molecule has 4 aromatic rings. The molecule has 0 aliphatic carbocycles. The summed E-state index contributed by atoms with van der Waals surface area (Å²) in [6.07, 6.45) is -0.780. The highest BCUT2D eigenvalue weighted by Gasteiger charge is 2.39. The minimum absolute atomic E-state index is 0.00738. The van der Waals surface area contributed by atoms with Crippen LogP contribution in [0.15, 0.2) is 115 Å². The number of aliphatic hydroxyl groups is 3. The van der Waals surface area contributed by atoms with Crippen LogP contribution < -0.4 is 97.4 Å². The molecule has 38 nitrogen and oxygen atoms in total. The van der Waals surface area contributed by atoms with Crippen molar-refractivity contribution in [3.8, 4) is 5.75 Å². The summed E-state index contributed by atoms with van der Waals surface area (Å²) in [7, 11) is 0. The van der Waals surface area contributed by atoms with Gasteiger partial charge in [0, 0.05) is 37.2 Å². The van der Waals surface area contributed by atoms with Crippen LogP contribution in [0.4, 0.5) is 0 Å². The highest BCUT2D eigenvalue weighted by molar-refractivity contribution is 7.80. The second-order valence-corrected chi connectivity index (χ2v) is 29.4. The van der Waals surface area contributed by atoms with Gasteiger partial charge in [0.05, 0.1) is 31.8 Å². The van der Waals surface area contributed by atoms with Crippen molar-refractivity contribution in [3.05, 3.63) is 138 Å². The minimum Gasteiger partial charge on any atom is -0.508 e. The van der Waals surface area contributed by atoms with E-state index in [9.17, 15) is 83.1 Å². The van der Waals surface area contributed by atoms with Gasteiger partial charge in [0.15, 0.2) is 0 Å². The molecule has 14 amide bonds. The number of aliphatic hydroxyl groups excluding tert-OH is 3. The lowest BCUT2D eigenvalue weighted by Crippen LogP contribution is -2.63. The first-order valence-corrected chi connectivity index (χ1v) is 40.5. The molecule has 4 aromatic carbocycles. The van der Waals surface area contributed by atoms with Crippen LogP contribution in [0.5, 0.6) is 5.75 Å². The van der Waals surface area contributed by atoms with Gasteiger partial charge in [-0.1, -0.05) is 103 Å². The molecule has 0 unspecified atom stereocenters. The molecule has 1 fully saturated rings. The number of carboxylic acids is 1. The summed E-state index contributed by atoms with van der Waals surface area (Å²) in [5.41, 5.74) is 24.6. The Balaban J connectivity index is 1.42. The summed E-state index contributed by atoms with van der Waals surface area (Å²) in [4.78, 5) is 210. The van der Waals surface area contributed by atoms with Crippen LogP contribution >= 0.6 is 25.3 Å². The van der Waals surface area contributed by atoms with Crippen molar-refractivity contribution >= 4 is 114 Å². The number of phenols is 1. The Morgan fingerprint density at radius 3 is 1.05 bits per heavy atom. The summed E-state index contributed by atoms with van der Waals surface area (Å²) in [6, 6.07) is 8.49. The SMILES string of the molecule is C[C@@H](O)[C@H](NC(=O)[C@H](CCCCN)NC(=O)[C@H](Cc1ccc(O)cc1)NC(=O)[C@H](Cc1ccccc1)NC(=O)[C@H](Cc1ccccc1)NC(=O)[C@H](CC(N)=O)NC(=O)[C@H](CCCCN)NC(=O)[C@H](CS)NC(=O)[C@@H]1CCCN1)C(=O)N[C@@H](Cc1ccccc1)C(=O)N[C@@H](CO)C(=O)N[C@@H](CO)C(=O)N[C@@H](CS)C(=O)N[C@@H](CCCCN)C(=O)O. The summed E-state index contributed by atoms with van der Waals surface area (Å²) in [5.74, 6) is -16.2. The van der Waals surface area contributed by atoms with Gasteiger partial charge >= 0.3 is 5.97 Å². The molecule has 1 heterocycles. The lowest BCUT2D eigenvalue weighted by molar-refractivity contribution is -0.142. The van der Waals surface area contributed by atoms with Gasteiger partial charge in [-0.2, -0.15) is 25.3 Å². The average Bonchev–Trinajstić information content (AvgIpc) is 1.22. The van der Waals surface area contributed by atoms with Crippen LogP contribution in [0.25, 0.3) is 0 Å². The van der Waals surface area contributed by atoms with Crippen molar-refractivity contribution in [2.24, 2.45) is 22.9 Å². The van der Waals surface area contributed by atoms with E-state index in [1.165, 1.54) is 24.3 Å². The first-order chi connectivity index (χ1) is 57.0. The van der Waals surface area contributed by atoms with E-state index >= 15 is 14.4 Å². The molecule has 0 saturated carbocycles. The number of primary amides is 1. The third-order valence-electron chi connectivity index (χ3n) is 19.2. The van der Waals surface area contributed by atoms with Gasteiger partial charge in [-0.3, -0.25) is 67.1 Å². The van der Waals surface area contributed by atoms with E-state index in [0.717, 1.165) is 13.3 Å². The number of benzene rings is 4. The number of aliphatic carboxylic acids is 1. The lowest BCUT2D eigenvalue weighted by Gasteiger charge is -2.29. The number of hydrogen-bond acceptors (Lipinski definition) is 25. The average molecular weight is 1700 g/mol. The number of thiol groups is 2. The molecule has 5 rings (SSSR count). The van der Waals surface area contributed by atoms with Gasteiger partial charge in [0.25, 0.3) is 0 Å². The van der Waals surface area contributed by atoms with Crippen LogP contribution in [0.1, 0.15) is 106 Å². The van der Waals surface area contributed by atoms with E-state index in [0.29, 0.717) is 60.9 Å². The van der Waals surface area contributed by atoms with E-state index in [-0.39, 0.29) is 94.7 Å². The smallest absolute Gasteiger partial charge is 0.326 e. The third kappa shape index (κ3) is 34.6. The lowest BCUT2D eigenvalue weighted by atomic mass is 10.00. The quantitative estimate of drug-likeness (QED) is 0.0145. The van der Waals surface area contributed by atoms with Gasteiger partial charge in [-0.25, -0.2) is 4.79 Å². The molecule has 1 aliphatic heterocycles. The number of hydrogen-bond donors (Lipinski definition) is 25. The molecule has 0 bridgehead atoms. The number of unbranched alkanes of at least 4 members (excludes halogenated alkanes) is 3. The fourth-order valence-corrected chi connectivity index (χ4v) is 13.1. The van der Waals surface area contributed by atoms with Crippen molar-refractivity contribution < 1.29 is 97.5 Å². The zero-order valence-electron chi connectivity index (χ0n) is 66.2. The van der Waals surface area contributed by atoms with Crippen LogP contribution in [-0.2, 0) is 97.6 Å². The zero-order chi connectivity index (χ0) is 87.5. The number of rotatable bonds is 54. The molecular formula is C79H114N18O20S2. The van der Waals surface area contributed by atoms with Gasteiger partial charge in [0.1, 0.15) is 84.3 Å². The Labute approximate surface area is 699 Å². The predicted octanol–water partition coefficient (Wildman–Crippen LogP) is -5.71. The molecular weight excluding hydrogens is 1590 g/mol. The number of amides is 14. The van der Waals surface area contributed by atoms with Crippen LogP contribution in [-0.4, -0.2) is 256 Å². The van der Waals surface area contributed by atoms with Crippen LogP contribution in [0, 0.1) is 0 Å². The number of phenolic OH excluding ortho intramolecular Hbond substituents is 1.